The second kappa shape index (κ2) is 4.55. The monoisotopic (exact) mass is 237 g/mol. The highest BCUT2D eigenvalue weighted by Gasteiger charge is 2.11. The van der Waals surface area contributed by atoms with Gasteiger partial charge in [0.15, 0.2) is 0 Å². The number of rotatable bonds is 3. The van der Waals surface area contributed by atoms with Crippen molar-refractivity contribution in [2.75, 3.05) is 0 Å². The molecule has 0 bridgehead atoms. The summed E-state index contributed by atoms with van der Waals surface area (Å²) in [6.45, 7) is 0.483. The van der Waals surface area contributed by atoms with Crippen LogP contribution in [-0.2, 0) is 6.54 Å². The van der Waals surface area contributed by atoms with Crippen molar-refractivity contribution in [1.29, 1.82) is 0 Å². The van der Waals surface area contributed by atoms with Gasteiger partial charge < -0.3 is 15.4 Å². The van der Waals surface area contributed by atoms with E-state index >= 15 is 0 Å². The maximum atomic E-state index is 9.64. The first-order valence-electron chi connectivity index (χ1n) is 4.88. The maximum Gasteiger partial charge on any atom is 0.202 e. The van der Waals surface area contributed by atoms with E-state index in [0.717, 1.165) is 0 Å². The van der Waals surface area contributed by atoms with E-state index in [1.165, 1.54) is 0 Å². The number of hydrogen-bond donors (Lipinski definition) is 2. The number of imidazole rings is 1. The SMILES string of the molecule is NC(Cn1ccnc1Cl)c1ccccc1O. The Bertz CT molecular complexity index is 484. The Labute approximate surface area is 98.3 Å². The number of phenolic OH excluding ortho intramolecular Hbond substituents is 1. The van der Waals surface area contributed by atoms with Crippen LogP contribution < -0.4 is 5.73 Å². The molecule has 84 valence electrons. The summed E-state index contributed by atoms with van der Waals surface area (Å²) in [6, 6.07) is 6.70. The lowest BCUT2D eigenvalue weighted by atomic mass is 10.1. The molecule has 0 radical (unpaired) electrons. The van der Waals surface area contributed by atoms with Crippen LogP contribution in [0.3, 0.4) is 0 Å². The van der Waals surface area contributed by atoms with Crippen molar-refractivity contribution in [3.63, 3.8) is 0 Å². The Morgan fingerprint density at radius 2 is 2.19 bits per heavy atom. The van der Waals surface area contributed by atoms with Gasteiger partial charge in [-0.25, -0.2) is 4.98 Å². The number of phenols is 1. The molecule has 2 rings (SSSR count). The van der Waals surface area contributed by atoms with E-state index in [2.05, 4.69) is 4.98 Å². The topological polar surface area (TPSA) is 64.1 Å². The van der Waals surface area contributed by atoms with Crippen LogP contribution in [0.1, 0.15) is 11.6 Å². The van der Waals surface area contributed by atoms with Gasteiger partial charge in [-0.15, -0.1) is 0 Å². The minimum atomic E-state index is -0.312. The normalized spacial score (nSPS) is 12.6. The van der Waals surface area contributed by atoms with Gasteiger partial charge in [-0.3, -0.25) is 0 Å². The molecule has 0 aliphatic rings. The average Bonchev–Trinajstić information content (AvgIpc) is 2.65. The Morgan fingerprint density at radius 3 is 2.81 bits per heavy atom. The second-order valence-electron chi connectivity index (χ2n) is 3.51. The second-order valence-corrected chi connectivity index (χ2v) is 3.85. The van der Waals surface area contributed by atoms with E-state index in [4.69, 9.17) is 17.3 Å². The molecule has 0 fully saturated rings. The van der Waals surface area contributed by atoms with Gasteiger partial charge in [-0.1, -0.05) is 18.2 Å². The van der Waals surface area contributed by atoms with Crippen molar-refractivity contribution in [1.82, 2.24) is 9.55 Å². The lowest BCUT2D eigenvalue weighted by molar-refractivity contribution is 0.454. The molecule has 5 heteroatoms. The van der Waals surface area contributed by atoms with E-state index in [1.54, 1.807) is 35.2 Å². The molecule has 1 heterocycles. The lowest BCUT2D eigenvalue weighted by Crippen LogP contribution is -2.17. The zero-order valence-corrected chi connectivity index (χ0v) is 9.30. The fraction of sp³-hybridized carbons (Fsp3) is 0.182. The molecule has 0 spiro atoms. The van der Waals surface area contributed by atoms with Crippen LogP contribution in [-0.4, -0.2) is 14.7 Å². The summed E-state index contributed by atoms with van der Waals surface area (Å²) in [5, 5.41) is 10.0. The van der Waals surface area contributed by atoms with Crippen LogP contribution >= 0.6 is 11.6 Å². The first-order valence-corrected chi connectivity index (χ1v) is 5.26. The van der Waals surface area contributed by atoms with E-state index in [0.29, 0.717) is 17.4 Å². The molecule has 1 atom stereocenters. The molecule has 3 N–H and O–H groups in total. The molecule has 0 saturated heterocycles. The van der Waals surface area contributed by atoms with Crippen molar-refractivity contribution >= 4 is 11.6 Å². The molecule has 0 saturated carbocycles. The highest BCUT2D eigenvalue weighted by molar-refractivity contribution is 6.28. The molecule has 2 aromatic rings. The number of nitrogens with zero attached hydrogens (tertiary/aromatic N) is 2. The lowest BCUT2D eigenvalue weighted by Gasteiger charge is -2.14. The van der Waals surface area contributed by atoms with Crippen molar-refractivity contribution < 1.29 is 5.11 Å². The van der Waals surface area contributed by atoms with Gasteiger partial charge in [0.2, 0.25) is 5.28 Å². The largest absolute Gasteiger partial charge is 0.508 e. The molecular formula is C11H12ClN3O. The molecule has 4 nitrogen and oxygen atoms in total. The minimum Gasteiger partial charge on any atom is -0.508 e. The summed E-state index contributed by atoms with van der Waals surface area (Å²) in [4.78, 5) is 3.90. The Kier molecular flexibility index (Phi) is 3.12. The molecule has 1 unspecified atom stereocenters. The number of halogens is 1. The Morgan fingerprint density at radius 1 is 1.44 bits per heavy atom. The van der Waals surface area contributed by atoms with Crippen LogP contribution in [0.2, 0.25) is 5.28 Å². The molecule has 16 heavy (non-hydrogen) atoms. The smallest absolute Gasteiger partial charge is 0.202 e. The third kappa shape index (κ3) is 2.18. The molecule has 0 aliphatic carbocycles. The minimum absolute atomic E-state index is 0.200. The zero-order chi connectivity index (χ0) is 11.5. The van der Waals surface area contributed by atoms with Crippen molar-refractivity contribution in [3.8, 4) is 5.75 Å². The fourth-order valence-corrected chi connectivity index (χ4v) is 1.74. The quantitative estimate of drug-likeness (QED) is 0.858. The van der Waals surface area contributed by atoms with Gasteiger partial charge in [-0.2, -0.15) is 0 Å². The highest BCUT2D eigenvalue weighted by atomic mass is 35.5. The molecule has 1 aromatic heterocycles. The van der Waals surface area contributed by atoms with Gasteiger partial charge in [0, 0.05) is 24.5 Å². The predicted octanol–water partition coefficient (Wildman–Crippen LogP) is 1.94. The first-order chi connectivity index (χ1) is 7.68. The third-order valence-electron chi connectivity index (χ3n) is 2.39. The van der Waals surface area contributed by atoms with Gasteiger partial charge in [0.05, 0.1) is 6.04 Å². The number of hydrogen-bond acceptors (Lipinski definition) is 3. The van der Waals surface area contributed by atoms with Crippen LogP contribution in [0.15, 0.2) is 36.7 Å². The van der Waals surface area contributed by atoms with E-state index in [1.807, 2.05) is 6.07 Å². The van der Waals surface area contributed by atoms with Crippen molar-refractivity contribution in [2.45, 2.75) is 12.6 Å². The Balaban J connectivity index is 2.18. The standard InChI is InChI=1S/C11H12ClN3O/c12-11-14-5-6-15(11)7-9(13)8-3-1-2-4-10(8)16/h1-6,9,16H,7,13H2. The first kappa shape index (κ1) is 11.0. The van der Waals surface area contributed by atoms with Crippen molar-refractivity contribution in [3.05, 3.63) is 47.5 Å². The summed E-state index contributed by atoms with van der Waals surface area (Å²) in [5.74, 6) is 0.200. The van der Waals surface area contributed by atoms with Crippen LogP contribution in [0.5, 0.6) is 5.75 Å². The number of benzene rings is 1. The number of aromatic hydroxyl groups is 1. The van der Waals surface area contributed by atoms with Crippen molar-refractivity contribution in [2.24, 2.45) is 5.73 Å². The number of nitrogens with two attached hydrogens (primary N) is 1. The summed E-state index contributed by atoms with van der Waals surface area (Å²) in [6.07, 6.45) is 3.36. The highest BCUT2D eigenvalue weighted by Crippen LogP contribution is 2.23. The van der Waals surface area contributed by atoms with Crippen LogP contribution in [0.25, 0.3) is 0 Å². The van der Waals surface area contributed by atoms with E-state index in [-0.39, 0.29) is 11.8 Å². The van der Waals surface area contributed by atoms with Gasteiger partial charge in [0.1, 0.15) is 5.75 Å². The third-order valence-corrected chi connectivity index (χ3v) is 2.71. The average molecular weight is 238 g/mol. The Hall–Kier alpha value is -1.52. The van der Waals surface area contributed by atoms with Gasteiger partial charge in [0.25, 0.3) is 0 Å². The fourth-order valence-electron chi connectivity index (χ4n) is 1.56. The zero-order valence-electron chi connectivity index (χ0n) is 8.55. The molecule has 0 amide bonds. The predicted molar refractivity (Wildman–Crippen MR) is 62.3 cm³/mol. The number of aromatic nitrogens is 2. The summed E-state index contributed by atoms with van der Waals surface area (Å²) in [5.41, 5.74) is 6.69. The van der Waals surface area contributed by atoms with E-state index < -0.39 is 0 Å². The summed E-state index contributed by atoms with van der Waals surface area (Å²) in [7, 11) is 0. The van der Waals surface area contributed by atoms with E-state index in [9.17, 15) is 5.11 Å². The van der Waals surface area contributed by atoms with Crippen LogP contribution in [0, 0.1) is 0 Å². The summed E-state index contributed by atoms with van der Waals surface area (Å²) >= 11 is 5.84. The molecular weight excluding hydrogens is 226 g/mol. The van der Waals surface area contributed by atoms with Gasteiger partial charge in [-0.05, 0) is 17.7 Å². The maximum absolute atomic E-state index is 9.64. The van der Waals surface area contributed by atoms with Gasteiger partial charge >= 0.3 is 0 Å². The van der Waals surface area contributed by atoms with Crippen LogP contribution in [0.4, 0.5) is 0 Å². The number of para-hydroxylation sites is 1. The molecule has 1 aromatic carbocycles. The molecule has 0 aliphatic heterocycles. The summed E-state index contributed by atoms with van der Waals surface area (Å²) < 4.78 is 1.73.